The number of hydrogen-bond donors (Lipinski definition) is 0. The van der Waals surface area contributed by atoms with Gasteiger partial charge in [-0.3, -0.25) is 4.18 Å². The molecule has 0 heterocycles. The van der Waals surface area contributed by atoms with E-state index in [4.69, 9.17) is 0 Å². The summed E-state index contributed by atoms with van der Waals surface area (Å²) in [6, 6.07) is 0. The highest BCUT2D eigenvalue weighted by Crippen LogP contribution is 2.57. The summed E-state index contributed by atoms with van der Waals surface area (Å²) in [4.78, 5) is 0. The third-order valence-electron chi connectivity index (χ3n) is 3.42. The van der Waals surface area contributed by atoms with Crippen molar-refractivity contribution < 1.29 is 17.2 Å². The zero-order valence-electron chi connectivity index (χ0n) is 14.6. The largest absolute Gasteiger partial charge is 0.726 e. The summed E-state index contributed by atoms with van der Waals surface area (Å²) in [5, 5.41) is 0. The molecule has 6 heteroatoms. The predicted molar refractivity (Wildman–Crippen MR) is 93.5 cm³/mol. The van der Waals surface area contributed by atoms with E-state index in [1.807, 2.05) is 0 Å². The molecule has 0 radical (unpaired) electrons. The molecule has 0 bridgehead atoms. The molecule has 0 amide bonds. The molecular formula is C15H35O4PS. The van der Waals surface area contributed by atoms with Crippen LogP contribution >= 0.6 is 7.26 Å². The van der Waals surface area contributed by atoms with Gasteiger partial charge in [-0.2, -0.15) is 0 Å². The van der Waals surface area contributed by atoms with Crippen molar-refractivity contribution in [2.75, 3.05) is 31.8 Å². The van der Waals surface area contributed by atoms with Crippen molar-refractivity contribution in [3.05, 3.63) is 0 Å². The van der Waals surface area contributed by atoms with Gasteiger partial charge < -0.3 is 4.55 Å². The van der Waals surface area contributed by atoms with Crippen LogP contribution < -0.4 is 0 Å². The van der Waals surface area contributed by atoms with Gasteiger partial charge in [-0.25, -0.2) is 8.42 Å². The molecule has 0 aliphatic carbocycles. The van der Waals surface area contributed by atoms with Gasteiger partial charge in [0.25, 0.3) is 0 Å². The lowest BCUT2D eigenvalue weighted by atomic mass is 10.4. The van der Waals surface area contributed by atoms with E-state index in [1.54, 1.807) is 18.5 Å². The lowest BCUT2D eigenvalue weighted by Crippen LogP contribution is -2.07. The minimum Gasteiger partial charge on any atom is -0.726 e. The summed E-state index contributed by atoms with van der Waals surface area (Å²) in [6.45, 7) is 10.9. The molecule has 0 rings (SSSR count). The topological polar surface area (TPSA) is 66.4 Å². The Morgan fingerprint density at radius 2 is 1.19 bits per heavy atom. The molecule has 0 aromatic carbocycles. The van der Waals surface area contributed by atoms with E-state index in [0.29, 0.717) is 0 Å². The summed E-state index contributed by atoms with van der Waals surface area (Å²) in [5.74, 6) is 0. The maximum atomic E-state index is 9.45. The normalized spacial score (nSPS) is 11.9. The first-order valence-corrected chi connectivity index (χ1v) is 12.3. The molecule has 0 aliphatic rings. The highest BCUT2D eigenvalue weighted by molar-refractivity contribution is 7.80. The van der Waals surface area contributed by atoms with Gasteiger partial charge in [-0.1, -0.05) is 40.0 Å². The van der Waals surface area contributed by atoms with Crippen LogP contribution in [0.2, 0.25) is 0 Å². The molecule has 0 saturated heterocycles. The van der Waals surface area contributed by atoms with Crippen LogP contribution in [0.25, 0.3) is 0 Å². The van der Waals surface area contributed by atoms with E-state index in [-0.39, 0.29) is 6.61 Å². The maximum Gasteiger partial charge on any atom is 0.217 e. The fraction of sp³-hybridized carbons (Fsp3) is 1.00. The summed E-state index contributed by atoms with van der Waals surface area (Å²) in [5.41, 5.74) is 0. The summed E-state index contributed by atoms with van der Waals surface area (Å²) in [7, 11) is -4.94. The molecule has 21 heavy (non-hydrogen) atoms. The highest BCUT2D eigenvalue weighted by Gasteiger charge is 2.28. The van der Waals surface area contributed by atoms with Crippen molar-refractivity contribution in [2.45, 2.75) is 66.2 Å². The Morgan fingerprint density at radius 3 is 1.33 bits per heavy atom. The predicted octanol–water partition coefficient (Wildman–Crippen LogP) is 4.52. The first-order valence-electron chi connectivity index (χ1n) is 8.18. The van der Waals surface area contributed by atoms with Crippen molar-refractivity contribution in [3.63, 3.8) is 0 Å². The number of hydrogen-bond acceptors (Lipinski definition) is 4. The van der Waals surface area contributed by atoms with Gasteiger partial charge in [0.15, 0.2) is 0 Å². The molecule has 0 aromatic heterocycles. The lowest BCUT2D eigenvalue weighted by Gasteiger charge is -2.22. The van der Waals surface area contributed by atoms with E-state index >= 15 is 0 Å². The fourth-order valence-corrected chi connectivity index (χ4v) is 6.30. The SMILES string of the molecule is CCCC[P+](C)(CCCC)CCCC.CCOS(=O)(=O)[O-]. The Morgan fingerprint density at radius 1 is 0.857 bits per heavy atom. The Hall–Kier alpha value is 0.300. The standard InChI is InChI=1S/C13H30P.C2H6O4S/c1-5-8-11-14(4,12-9-6-2)13-10-7-3;1-2-6-7(3,4)5/h5-13H2,1-4H3;2H2,1H3,(H,3,4,5)/q+1;/p-1. The Kier molecular flexibility index (Phi) is 15.6. The van der Waals surface area contributed by atoms with Crippen molar-refractivity contribution in [1.82, 2.24) is 0 Å². The third kappa shape index (κ3) is 18.3. The zero-order valence-corrected chi connectivity index (χ0v) is 16.3. The number of unbranched alkanes of at least 4 members (excludes halogenated alkanes) is 3. The summed E-state index contributed by atoms with van der Waals surface area (Å²) in [6.07, 6.45) is 13.2. The first kappa shape index (κ1) is 23.6. The van der Waals surface area contributed by atoms with Crippen molar-refractivity contribution in [1.29, 1.82) is 0 Å². The minimum atomic E-state index is -4.42. The fourth-order valence-electron chi connectivity index (χ4n) is 2.10. The Balaban J connectivity index is 0. The highest BCUT2D eigenvalue weighted by atomic mass is 32.3. The average Bonchev–Trinajstić information content (AvgIpc) is 2.40. The Bertz CT molecular complexity index is 296. The molecule has 0 fully saturated rings. The molecule has 0 aliphatic heterocycles. The molecule has 0 N–H and O–H groups in total. The quantitative estimate of drug-likeness (QED) is 0.314. The summed E-state index contributed by atoms with van der Waals surface area (Å²) >= 11 is 0. The molecule has 0 spiro atoms. The van der Waals surface area contributed by atoms with Crippen LogP contribution in [0.3, 0.4) is 0 Å². The van der Waals surface area contributed by atoms with Gasteiger partial charge in [-0.15, -0.1) is 0 Å². The first-order chi connectivity index (χ1) is 9.74. The van der Waals surface area contributed by atoms with Crippen molar-refractivity contribution >= 4 is 17.7 Å². The van der Waals surface area contributed by atoms with Gasteiger partial charge in [0.2, 0.25) is 10.4 Å². The van der Waals surface area contributed by atoms with E-state index in [0.717, 1.165) is 0 Å². The summed E-state index contributed by atoms with van der Waals surface area (Å²) < 4.78 is 32.0. The van der Waals surface area contributed by atoms with Crippen LogP contribution in [0, 0.1) is 0 Å². The zero-order chi connectivity index (χ0) is 16.8. The van der Waals surface area contributed by atoms with E-state index in [9.17, 15) is 13.0 Å². The molecule has 0 atom stereocenters. The van der Waals surface area contributed by atoms with E-state index < -0.39 is 17.7 Å². The third-order valence-corrected chi connectivity index (χ3v) is 8.13. The Labute approximate surface area is 133 Å². The van der Waals surface area contributed by atoms with Crippen LogP contribution in [-0.2, 0) is 14.6 Å². The second kappa shape index (κ2) is 13.9. The van der Waals surface area contributed by atoms with Crippen LogP contribution in [0.5, 0.6) is 0 Å². The van der Waals surface area contributed by atoms with Gasteiger partial charge >= 0.3 is 0 Å². The van der Waals surface area contributed by atoms with Gasteiger partial charge in [-0.05, 0) is 26.2 Å². The monoisotopic (exact) mass is 342 g/mol. The molecule has 4 nitrogen and oxygen atoms in total. The molecule has 0 aromatic rings. The van der Waals surface area contributed by atoms with Crippen LogP contribution in [0.1, 0.15) is 66.2 Å². The minimum absolute atomic E-state index is 0.0914. The molecule has 0 saturated carbocycles. The van der Waals surface area contributed by atoms with Gasteiger partial charge in [0.05, 0.1) is 25.1 Å². The molecule has 130 valence electrons. The lowest BCUT2D eigenvalue weighted by molar-refractivity contribution is 0.275. The maximum absolute atomic E-state index is 9.45. The van der Waals surface area contributed by atoms with Crippen molar-refractivity contribution in [2.24, 2.45) is 0 Å². The van der Waals surface area contributed by atoms with E-state index in [2.05, 4.69) is 31.6 Å². The second-order valence-corrected chi connectivity index (χ2v) is 11.3. The van der Waals surface area contributed by atoms with Gasteiger partial charge in [0, 0.05) is 13.9 Å². The van der Waals surface area contributed by atoms with Crippen LogP contribution in [0.4, 0.5) is 0 Å². The van der Waals surface area contributed by atoms with Crippen molar-refractivity contribution in [3.8, 4) is 0 Å². The smallest absolute Gasteiger partial charge is 0.217 e. The van der Waals surface area contributed by atoms with Gasteiger partial charge in [0.1, 0.15) is 0 Å². The van der Waals surface area contributed by atoms with Crippen LogP contribution in [-0.4, -0.2) is 44.7 Å². The average molecular weight is 342 g/mol. The van der Waals surface area contributed by atoms with Crippen LogP contribution in [0.15, 0.2) is 0 Å². The molecular weight excluding hydrogens is 307 g/mol. The van der Waals surface area contributed by atoms with E-state index in [1.165, 1.54) is 45.4 Å². The number of rotatable bonds is 11. The second-order valence-electron chi connectivity index (χ2n) is 5.67. The molecule has 0 unspecified atom stereocenters.